The van der Waals surface area contributed by atoms with Gasteiger partial charge in [-0.2, -0.15) is 5.10 Å². The van der Waals surface area contributed by atoms with Gasteiger partial charge in [-0.15, -0.1) is 0 Å². The lowest BCUT2D eigenvalue weighted by molar-refractivity contribution is -0.111. The van der Waals surface area contributed by atoms with Crippen molar-refractivity contribution in [3.05, 3.63) is 113 Å². The van der Waals surface area contributed by atoms with Gasteiger partial charge in [-0.25, -0.2) is 0 Å². The Morgan fingerprint density at radius 2 is 1.88 bits per heavy atom. The van der Waals surface area contributed by atoms with Crippen molar-refractivity contribution in [2.24, 2.45) is 0 Å². The van der Waals surface area contributed by atoms with Crippen molar-refractivity contribution in [1.29, 1.82) is 0 Å². The highest BCUT2D eigenvalue weighted by Crippen LogP contribution is 2.23. The molecule has 0 aliphatic heterocycles. The van der Waals surface area contributed by atoms with Crippen LogP contribution in [0.2, 0.25) is 0 Å². The zero-order chi connectivity index (χ0) is 23.8. The van der Waals surface area contributed by atoms with E-state index in [2.05, 4.69) is 35.5 Å². The van der Waals surface area contributed by atoms with Gasteiger partial charge in [0.1, 0.15) is 18.1 Å². The second kappa shape index (κ2) is 11.0. The Kier molecular flexibility index (Phi) is 7.40. The molecule has 0 fully saturated rings. The first-order chi connectivity index (χ1) is 16.6. The number of ether oxygens (including phenoxy) is 2. The van der Waals surface area contributed by atoms with Gasteiger partial charge in [-0.3, -0.25) is 9.48 Å². The summed E-state index contributed by atoms with van der Waals surface area (Å²) in [6.07, 6.45) is 5.10. The van der Waals surface area contributed by atoms with Gasteiger partial charge in [0.15, 0.2) is 5.82 Å². The quantitative estimate of drug-likeness (QED) is 0.341. The van der Waals surface area contributed by atoms with Crippen LogP contribution < -0.4 is 14.8 Å². The summed E-state index contributed by atoms with van der Waals surface area (Å²) in [5, 5.41) is 7.24. The molecule has 0 aliphatic rings. The van der Waals surface area contributed by atoms with E-state index >= 15 is 0 Å². The maximum atomic E-state index is 12.4. The molecule has 1 heterocycles. The summed E-state index contributed by atoms with van der Waals surface area (Å²) in [7, 11) is 1.63. The van der Waals surface area contributed by atoms with Crippen molar-refractivity contribution >= 4 is 17.8 Å². The number of carbonyl (C=O) groups is 1. The average molecular weight is 454 g/mol. The average Bonchev–Trinajstić information content (AvgIpc) is 3.28. The second-order valence-electron chi connectivity index (χ2n) is 7.88. The first-order valence-electron chi connectivity index (χ1n) is 11.0. The zero-order valence-electron chi connectivity index (χ0n) is 19.3. The molecule has 34 heavy (non-hydrogen) atoms. The van der Waals surface area contributed by atoms with E-state index in [-0.39, 0.29) is 5.91 Å². The summed E-state index contributed by atoms with van der Waals surface area (Å²) in [5.41, 5.74) is 4.13. The molecule has 0 radical (unpaired) electrons. The van der Waals surface area contributed by atoms with Gasteiger partial charge in [0.2, 0.25) is 5.91 Å². The fourth-order valence-electron chi connectivity index (χ4n) is 3.55. The molecule has 0 saturated heterocycles. The lowest BCUT2D eigenvalue weighted by Crippen LogP contribution is -2.09. The van der Waals surface area contributed by atoms with Gasteiger partial charge < -0.3 is 14.8 Å². The van der Waals surface area contributed by atoms with Gasteiger partial charge in [0.25, 0.3) is 0 Å². The van der Waals surface area contributed by atoms with Crippen molar-refractivity contribution in [3.8, 4) is 11.5 Å². The summed E-state index contributed by atoms with van der Waals surface area (Å²) >= 11 is 0. The minimum Gasteiger partial charge on any atom is -0.496 e. The molecule has 0 atom stereocenters. The van der Waals surface area contributed by atoms with E-state index in [9.17, 15) is 4.79 Å². The molecule has 4 rings (SSSR count). The van der Waals surface area contributed by atoms with E-state index < -0.39 is 0 Å². The van der Waals surface area contributed by atoms with Gasteiger partial charge >= 0.3 is 0 Å². The maximum absolute atomic E-state index is 12.4. The number of aryl methyl sites for hydroxylation is 1. The number of para-hydroxylation sites is 1. The number of hydrogen-bond donors (Lipinski definition) is 1. The van der Waals surface area contributed by atoms with Crippen molar-refractivity contribution < 1.29 is 14.3 Å². The molecule has 6 nitrogen and oxygen atoms in total. The monoisotopic (exact) mass is 453 g/mol. The van der Waals surface area contributed by atoms with Crippen LogP contribution in [-0.4, -0.2) is 22.8 Å². The number of hydrogen-bond acceptors (Lipinski definition) is 4. The fourth-order valence-corrected chi connectivity index (χ4v) is 3.55. The van der Waals surface area contributed by atoms with E-state index in [0.717, 1.165) is 28.2 Å². The second-order valence-corrected chi connectivity index (χ2v) is 7.88. The Balaban J connectivity index is 1.36. The molecule has 4 aromatic rings. The van der Waals surface area contributed by atoms with E-state index in [1.165, 1.54) is 11.6 Å². The topological polar surface area (TPSA) is 65.4 Å². The largest absolute Gasteiger partial charge is 0.496 e. The lowest BCUT2D eigenvalue weighted by atomic mass is 10.1. The molecule has 172 valence electrons. The Morgan fingerprint density at radius 1 is 1.03 bits per heavy atom. The molecule has 0 bridgehead atoms. The Bertz CT molecular complexity index is 1280. The number of nitrogens with one attached hydrogen (secondary N) is 1. The smallest absolute Gasteiger partial charge is 0.249 e. The molecule has 0 spiro atoms. The Morgan fingerprint density at radius 3 is 2.68 bits per heavy atom. The SMILES string of the molecule is COc1ccc(/C=C/C(=O)Nc2ccn(Cc3cccc(C)c3)n2)cc1COc1ccccc1. The maximum Gasteiger partial charge on any atom is 0.249 e. The van der Waals surface area contributed by atoms with Crippen molar-refractivity contribution in [1.82, 2.24) is 9.78 Å². The third kappa shape index (κ3) is 6.36. The van der Waals surface area contributed by atoms with Crippen LogP contribution in [0.15, 0.2) is 91.1 Å². The number of amides is 1. The van der Waals surface area contributed by atoms with Crippen molar-refractivity contribution in [3.63, 3.8) is 0 Å². The highest BCUT2D eigenvalue weighted by Gasteiger charge is 2.07. The van der Waals surface area contributed by atoms with Crippen LogP contribution in [0.25, 0.3) is 6.08 Å². The molecule has 0 aliphatic carbocycles. The lowest BCUT2D eigenvalue weighted by Gasteiger charge is -2.11. The molecule has 0 unspecified atom stereocenters. The number of benzene rings is 3. The van der Waals surface area contributed by atoms with Gasteiger partial charge in [-0.05, 0) is 48.4 Å². The van der Waals surface area contributed by atoms with Gasteiger partial charge in [-0.1, -0.05) is 54.1 Å². The Labute approximate surface area is 199 Å². The van der Waals surface area contributed by atoms with Crippen LogP contribution in [0.1, 0.15) is 22.3 Å². The predicted octanol–water partition coefficient (Wildman–Crippen LogP) is 5.48. The van der Waals surface area contributed by atoms with Crippen LogP contribution in [-0.2, 0) is 17.9 Å². The molecular formula is C28H27N3O3. The van der Waals surface area contributed by atoms with Crippen LogP contribution in [0.3, 0.4) is 0 Å². The van der Waals surface area contributed by atoms with Crippen LogP contribution in [0.4, 0.5) is 5.82 Å². The number of methoxy groups -OCH3 is 1. The number of aromatic nitrogens is 2. The molecule has 0 saturated carbocycles. The molecule has 3 aromatic carbocycles. The summed E-state index contributed by atoms with van der Waals surface area (Å²) in [4.78, 5) is 12.4. The number of carbonyl (C=O) groups excluding carboxylic acids is 1. The van der Waals surface area contributed by atoms with Crippen molar-refractivity contribution in [2.45, 2.75) is 20.1 Å². The number of rotatable bonds is 9. The van der Waals surface area contributed by atoms with E-state index in [1.54, 1.807) is 23.9 Å². The summed E-state index contributed by atoms with van der Waals surface area (Å²) in [6, 6.07) is 25.4. The minimum atomic E-state index is -0.251. The molecular weight excluding hydrogens is 426 g/mol. The minimum absolute atomic E-state index is 0.251. The highest BCUT2D eigenvalue weighted by molar-refractivity contribution is 6.01. The molecule has 1 amide bonds. The molecule has 6 heteroatoms. The normalized spacial score (nSPS) is 10.9. The van der Waals surface area contributed by atoms with Crippen LogP contribution >= 0.6 is 0 Å². The first-order valence-corrected chi connectivity index (χ1v) is 11.0. The van der Waals surface area contributed by atoms with Gasteiger partial charge in [0, 0.05) is 23.9 Å². The predicted molar refractivity (Wildman–Crippen MR) is 134 cm³/mol. The standard InChI is InChI=1S/C28H27N3O3/c1-21-7-6-8-23(17-21)19-31-16-15-27(30-31)29-28(32)14-12-22-11-13-26(33-2)24(18-22)20-34-25-9-4-3-5-10-25/h3-18H,19-20H2,1-2H3,(H,29,30,32)/b14-12+. The van der Waals surface area contributed by atoms with E-state index in [4.69, 9.17) is 9.47 Å². The third-order valence-corrected chi connectivity index (χ3v) is 5.19. The number of nitrogens with zero attached hydrogens (tertiary/aromatic N) is 2. The third-order valence-electron chi connectivity index (χ3n) is 5.19. The van der Waals surface area contributed by atoms with E-state index in [1.807, 2.05) is 60.8 Å². The van der Waals surface area contributed by atoms with Gasteiger partial charge in [0.05, 0.1) is 13.7 Å². The van der Waals surface area contributed by atoms with E-state index in [0.29, 0.717) is 19.0 Å². The van der Waals surface area contributed by atoms with Crippen LogP contribution in [0.5, 0.6) is 11.5 Å². The Hall–Kier alpha value is -4.32. The highest BCUT2D eigenvalue weighted by atomic mass is 16.5. The summed E-state index contributed by atoms with van der Waals surface area (Å²) in [6.45, 7) is 3.07. The zero-order valence-corrected chi connectivity index (χ0v) is 19.3. The molecule has 1 N–H and O–H groups in total. The van der Waals surface area contributed by atoms with Crippen LogP contribution in [0, 0.1) is 6.92 Å². The first kappa shape index (κ1) is 22.9. The summed E-state index contributed by atoms with van der Waals surface area (Å²) < 4.78 is 13.1. The molecule has 1 aromatic heterocycles. The fraction of sp³-hybridized carbons (Fsp3) is 0.143. The number of anilines is 1. The summed E-state index contributed by atoms with van der Waals surface area (Å²) in [5.74, 6) is 1.77. The van der Waals surface area contributed by atoms with Crippen molar-refractivity contribution in [2.75, 3.05) is 12.4 Å².